The Balaban J connectivity index is 2.95. The minimum atomic E-state index is 0.458. The molecule has 1 rings (SSSR count). The molecule has 0 radical (unpaired) electrons. The zero-order chi connectivity index (χ0) is 18.5. The van der Waals surface area contributed by atoms with Gasteiger partial charge in [0.1, 0.15) is 0 Å². The van der Waals surface area contributed by atoms with Crippen molar-refractivity contribution in [1.82, 2.24) is 5.32 Å². The molecule has 1 unspecified atom stereocenters. The van der Waals surface area contributed by atoms with Crippen LogP contribution in [0.3, 0.4) is 0 Å². The normalized spacial score (nSPS) is 24.8. The third kappa shape index (κ3) is 9.42. The maximum Gasteiger partial charge on any atom is 0.220 e. The van der Waals surface area contributed by atoms with Crippen LogP contribution >= 0.6 is 0 Å². The summed E-state index contributed by atoms with van der Waals surface area (Å²) in [4.78, 5) is 4.77. The highest BCUT2D eigenvalue weighted by Gasteiger charge is 2.08. The van der Waals surface area contributed by atoms with Gasteiger partial charge < -0.3 is 14.8 Å². The Morgan fingerprint density at radius 1 is 1.32 bits per heavy atom. The van der Waals surface area contributed by atoms with E-state index in [-0.39, 0.29) is 0 Å². The molecular formula is C21H34N2O2. The lowest BCUT2D eigenvalue weighted by Crippen LogP contribution is -2.27. The van der Waals surface area contributed by atoms with Gasteiger partial charge in [0, 0.05) is 38.3 Å². The molecule has 0 fully saturated rings. The summed E-state index contributed by atoms with van der Waals surface area (Å²) >= 11 is 0. The number of ether oxygens (including phenoxy) is 2. The summed E-state index contributed by atoms with van der Waals surface area (Å²) in [6.07, 6.45) is 12.2. The number of methoxy groups -OCH3 is 1. The average molecular weight is 347 g/mol. The molecule has 1 heterocycles. The Bertz CT molecular complexity index is 530. The van der Waals surface area contributed by atoms with Gasteiger partial charge >= 0.3 is 0 Å². The van der Waals surface area contributed by atoms with Crippen molar-refractivity contribution in [1.29, 1.82) is 0 Å². The Morgan fingerprint density at radius 3 is 2.84 bits per heavy atom. The number of aliphatic imine (C=N–C) groups is 1. The lowest BCUT2D eigenvalue weighted by molar-refractivity contribution is 0.169. The van der Waals surface area contributed by atoms with Gasteiger partial charge in [0.2, 0.25) is 5.90 Å². The van der Waals surface area contributed by atoms with Gasteiger partial charge in [0.15, 0.2) is 0 Å². The van der Waals surface area contributed by atoms with Gasteiger partial charge in [-0.25, -0.2) is 4.99 Å². The van der Waals surface area contributed by atoms with Crippen molar-refractivity contribution in [3.8, 4) is 0 Å². The van der Waals surface area contributed by atoms with Gasteiger partial charge in [0.25, 0.3) is 0 Å². The highest BCUT2D eigenvalue weighted by molar-refractivity contribution is 5.96. The zero-order valence-corrected chi connectivity index (χ0v) is 16.3. The standard InChI is InChI=1S/C21H34N2O2/c1-6-19(4)22-16-20-13-12-17(2)10-7-8-11-18(3)21(23-20)25-15-9-14-24-5/h8,10-11,13,19,22H,3,6-7,9,12,14-16H2,1-2,4-5H3/b11-8-,17-10+,20-13-,23-21+. The summed E-state index contributed by atoms with van der Waals surface area (Å²) in [6.45, 7) is 12.6. The summed E-state index contributed by atoms with van der Waals surface area (Å²) in [5.74, 6) is 0.601. The highest BCUT2D eigenvalue weighted by atomic mass is 16.5. The van der Waals surface area contributed by atoms with E-state index in [9.17, 15) is 0 Å². The van der Waals surface area contributed by atoms with Gasteiger partial charge in [-0.05, 0) is 33.1 Å². The molecule has 140 valence electrons. The van der Waals surface area contributed by atoms with Gasteiger partial charge in [-0.1, -0.05) is 43.4 Å². The molecule has 1 N–H and O–H groups in total. The van der Waals surface area contributed by atoms with Crippen molar-refractivity contribution in [2.24, 2.45) is 4.99 Å². The summed E-state index contributed by atoms with van der Waals surface area (Å²) in [5, 5.41) is 3.51. The van der Waals surface area contributed by atoms with Crippen molar-refractivity contribution in [3.05, 3.63) is 47.7 Å². The van der Waals surface area contributed by atoms with Crippen molar-refractivity contribution in [2.45, 2.75) is 52.5 Å². The Kier molecular flexibility index (Phi) is 10.8. The van der Waals surface area contributed by atoms with Crippen LogP contribution in [0, 0.1) is 0 Å². The monoisotopic (exact) mass is 346 g/mol. The first kappa shape index (κ1) is 21.4. The molecule has 1 aliphatic rings. The van der Waals surface area contributed by atoms with Crippen molar-refractivity contribution in [2.75, 3.05) is 26.9 Å². The number of rotatable bonds is 8. The van der Waals surface area contributed by atoms with E-state index in [1.807, 2.05) is 6.08 Å². The first-order valence-electron chi connectivity index (χ1n) is 9.21. The Morgan fingerprint density at radius 2 is 2.12 bits per heavy atom. The second-order valence-corrected chi connectivity index (χ2v) is 6.42. The van der Waals surface area contributed by atoms with E-state index in [1.165, 1.54) is 5.57 Å². The van der Waals surface area contributed by atoms with Crippen molar-refractivity contribution < 1.29 is 9.47 Å². The molecule has 0 amide bonds. The first-order chi connectivity index (χ1) is 12.1. The maximum atomic E-state index is 5.89. The summed E-state index contributed by atoms with van der Waals surface area (Å²) in [7, 11) is 1.70. The van der Waals surface area contributed by atoms with Crippen LogP contribution < -0.4 is 5.32 Å². The third-order valence-corrected chi connectivity index (χ3v) is 4.08. The van der Waals surface area contributed by atoms with Crippen LogP contribution in [0.2, 0.25) is 0 Å². The Hall–Kier alpha value is -1.65. The third-order valence-electron chi connectivity index (χ3n) is 4.08. The second-order valence-electron chi connectivity index (χ2n) is 6.42. The lowest BCUT2D eigenvalue weighted by atomic mass is 10.1. The van der Waals surface area contributed by atoms with Crippen LogP contribution in [-0.4, -0.2) is 38.8 Å². The van der Waals surface area contributed by atoms with Crippen LogP contribution in [0.4, 0.5) is 0 Å². The first-order valence-corrected chi connectivity index (χ1v) is 9.21. The van der Waals surface area contributed by atoms with E-state index in [0.29, 0.717) is 25.2 Å². The fraction of sp³-hybridized carbons (Fsp3) is 0.571. The molecule has 4 heteroatoms. The molecule has 0 aromatic heterocycles. The largest absolute Gasteiger partial charge is 0.477 e. The quantitative estimate of drug-likeness (QED) is 0.517. The predicted octanol–water partition coefficient (Wildman–Crippen LogP) is 4.56. The zero-order valence-electron chi connectivity index (χ0n) is 16.3. The molecule has 4 nitrogen and oxygen atoms in total. The topological polar surface area (TPSA) is 42.9 Å². The van der Waals surface area contributed by atoms with Crippen LogP contribution in [0.5, 0.6) is 0 Å². The van der Waals surface area contributed by atoms with E-state index in [2.05, 4.69) is 50.9 Å². The summed E-state index contributed by atoms with van der Waals surface area (Å²) in [5.41, 5.74) is 3.14. The molecule has 0 aliphatic carbocycles. The van der Waals surface area contributed by atoms with Gasteiger partial charge in [0.05, 0.1) is 12.3 Å². The fourth-order valence-electron chi connectivity index (χ4n) is 2.19. The van der Waals surface area contributed by atoms with Crippen molar-refractivity contribution in [3.63, 3.8) is 0 Å². The van der Waals surface area contributed by atoms with Crippen LogP contribution in [0.25, 0.3) is 0 Å². The van der Waals surface area contributed by atoms with E-state index in [1.54, 1.807) is 7.11 Å². The minimum absolute atomic E-state index is 0.458. The smallest absolute Gasteiger partial charge is 0.220 e. The number of hydrogen-bond acceptors (Lipinski definition) is 4. The molecule has 0 saturated heterocycles. The van der Waals surface area contributed by atoms with Gasteiger partial charge in [-0.15, -0.1) is 0 Å². The SMILES string of the molecule is C=C1/C=C\C/C=C(\C)C/C=C(CNC(C)CC)\N=C/1OCCCOC. The molecule has 1 aliphatic heterocycles. The van der Waals surface area contributed by atoms with E-state index >= 15 is 0 Å². The Labute approximate surface area is 153 Å². The van der Waals surface area contributed by atoms with Crippen LogP contribution in [0.15, 0.2) is 52.7 Å². The predicted molar refractivity (Wildman–Crippen MR) is 107 cm³/mol. The van der Waals surface area contributed by atoms with E-state index in [4.69, 9.17) is 14.5 Å². The molecular weight excluding hydrogens is 312 g/mol. The molecule has 0 aromatic carbocycles. The highest BCUT2D eigenvalue weighted by Crippen LogP contribution is 2.13. The summed E-state index contributed by atoms with van der Waals surface area (Å²) in [6, 6.07) is 0.458. The lowest BCUT2D eigenvalue weighted by Gasteiger charge is -2.14. The number of nitrogens with one attached hydrogen (secondary N) is 1. The molecule has 0 bridgehead atoms. The second kappa shape index (κ2) is 12.7. The van der Waals surface area contributed by atoms with Crippen LogP contribution in [-0.2, 0) is 9.47 Å². The molecule has 0 aromatic rings. The fourth-order valence-corrected chi connectivity index (χ4v) is 2.19. The van der Waals surface area contributed by atoms with E-state index in [0.717, 1.165) is 43.5 Å². The van der Waals surface area contributed by atoms with Gasteiger partial charge in [-0.2, -0.15) is 0 Å². The molecule has 0 saturated carbocycles. The van der Waals surface area contributed by atoms with Crippen molar-refractivity contribution >= 4 is 5.90 Å². The molecule has 25 heavy (non-hydrogen) atoms. The molecule has 1 atom stereocenters. The maximum absolute atomic E-state index is 5.89. The van der Waals surface area contributed by atoms with E-state index < -0.39 is 0 Å². The summed E-state index contributed by atoms with van der Waals surface area (Å²) < 4.78 is 11.0. The average Bonchev–Trinajstić information content (AvgIpc) is 2.64. The minimum Gasteiger partial charge on any atom is -0.477 e. The van der Waals surface area contributed by atoms with Crippen LogP contribution in [0.1, 0.15) is 46.5 Å². The van der Waals surface area contributed by atoms with Gasteiger partial charge in [-0.3, -0.25) is 0 Å². The number of hydrogen-bond donors (Lipinski definition) is 1. The molecule has 0 spiro atoms. The number of allylic oxidation sites excluding steroid dienone is 4. The number of nitrogens with zero attached hydrogens (tertiary/aromatic N) is 1.